The Hall–Kier alpha value is -1.05. The van der Waals surface area contributed by atoms with E-state index in [1.807, 2.05) is 12.1 Å². The molecule has 4 nitrogen and oxygen atoms in total. The number of benzene rings is 1. The summed E-state index contributed by atoms with van der Waals surface area (Å²) >= 11 is 0. The average molecular weight is 432 g/mol. The largest absolute Gasteiger partial charge is 0.366 e. The standard InChI is InChI=1S/C17H25FN4.HI/c1-3-19-17(20-15-12-13(15)2)22-10-8-21(9-11-22)16-7-5-4-6-14(16)18;/h4-7,13,15H,3,8-12H2,1-2H3,(H,19,20);1H. The predicted molar refractivity (Wildman–Crippen MR) is 104 cm³/mol. The highest BCUT2D eigenvalue weighted by Crippen LogP contribution is 2.29. The fourth-order valence-electron chi connectivity index (χ4n) is 2.94. The minimum atomic E-state index is -0.136. The second kappa shape index (κ2) is 8.17. The summed E-state index contributed by atoms with van der Waals surface area (Å²) in [6.07, 6.45) is 1.23. The Bertz CT molecular complexity index is 543. The van der Waals surface area contributed by atoms with Crippen molar-refractivity contribution < 1.29 is 4.39 Å². The Morgan fingerprint density at radius 1 is 1.26 bits per heavy atom. The summed E-state index contributed by atoms with van der Waals surface area (Å²) < 4.78 is 13.9. The van der Waals surface area contributed by atoms with Gasteiger partial charge in [0.2, 0.25) is 0 Å². The molecule has 0 aromatic heterocycles. The van der Waals surface area contributed by atoms with E-state index < -0.39 is 0 Å². The highest BCUT2D eigenvalue weighted by molar-refractivity contribution is 14.0. The molecule has 0 amide bonds. The zero-order valence-corrected chi connectivity index (χ0v) is 16.2. The van der Waals surface area contributed by atoms with Crippen LogP contribution in [0.2, 0.25) is 0 Å². The first kappa shape index (κ1) is 18.3. The van der Waals surface area contributed by atoms with Crippen LogP contribution < -0.4 is 10.2 Å². The molecule has 1 aromatic rings. The third-order valence-electron chi connectivity index (χ3n) is 4.50. The van der Waals surface area contributed by atoms with Crippen molar-refractivity contribution in [2.45, 2.75) is 26.3 Å². The van der Waals surface area contributed by atoms with E-state index in [1.54, 1.807) is 6.07 Å². The first-order chi connectivity index (χ1) is 10.7. The Morgan fingerprint density at radius 2 is 1.91 bits per heavy atom. The second-order valence-corrected chi connectivity index (χ2v) is 6.19. The van der Waals surface area contributed by atoms with Crippen molar-refractivity contribution in [1.82, 2.24) is 10.2 Å². The lowest BCUT2D eigenvalue weighted by Crippen LogP contribution is -2.53. The molecule has 1 aliphatic carbocycles. The van der Waals surface area contributed by atoms with Gasteiger partial charge >= 0.3 is 0 Å². The number of piperazine rings is 1. The van der Waals surface area contributed by atoms with Crippen molar-refractivity contribution in [2.75, 3.05) is 37.6 Å². The monoisotopic (exact) mass is 432 g/mol. The maximum absolute atomic E-state index is 13.9. The number of halogens is 2. The van der Waals surface area contributed by atoms with Gasteiger partial charge in [0.05, 0.1) is 5.69 Å². The van der Waals surface area contributed by atoms with Crippen molar-refractivity contribution in [3.63, 3.8) is 0 Å². The third kappa shape index (κ3) is 4.49. The van der Waals surface area contributed by atoms with Gasteiger partial charge in [-0.15, -0.1) is 24.0 Å². The number of para-hydroxylation sites is 1. The molecule has 1 saturated carbocycles. The Balaban J connectivity index is 0.00000192. The molecule has 0 radical (unpaired) electrons. The van der Waals surface area contributed by atoms with Gasteiger partial charge in [-0.3, -0.25) is 4.99 Å². The zero-order chi connectivity index (χ0) is 15.5. The van der Waals surface area contributed by atoms with E-state index >= 15 is 0 Å². The van der Waals surface area contributed by atoms with Crippen molar-refractivity contribution in [2.24, 2.45) is 10.9 Å². The Labute approximate surface area is 155 Å². The molecule has 1 N–H and O–H groups in total. The first-order valence-electron chi connectivity index (χ1n) is 8.24. The van der Waals surface area contributed by atoms with Gasteiger partial charge in [0, 0.05) is 38.8 Å². The summed E-state index contributed by atoms with van der Waals surface area (Å²) in [5.41, 5.74) is 0.708. The van der Waals surface area contributed by atoms with Crippen LogP contribution in [0.3, 0.4) is 0 Å². The predicted octanol–water partition coefficient (Wildman–Crippen LogP) is 2.94. The lowest BCUT2D eigenvalue weighted by Gasteiger charge is -2.38. The topological polar surface area (TPSA) is 30.9 Å². The summed E-state index contributed by atoms with van der Waals surface area (Å²) in [6.45, 7) is 8.52. The van der Waals surface area contributed by atoms with Gasteiger partial charge in [0.1, 0.15) is 5.82 Å². The normalized spacial score (nSPS) is 24.2. The van der Waals surface area contributed by atoms with Gasteiger partial charge in [0.15, 0.2) is 5.96 Å². The number of nitrogens with zero attached hydrogens (tertiary/aromatic N) is 3. The SMILES string of the molecule is CCN=C(NC1CC1C)N1CCN(c2ccccc2F)CC1.I. The highest BCUT2D eigenvalue weighted by Gasteiger charge is 2.34. The van der Waals surface area contributed by atoms with Crippen LogP contribution in [0, 0.1) is 11.7 Å². The molecule has 2 aliphatic rings. The van der Waals surface area contributed by atoms with Gasteiger partial charge in [0.25, 0.3) is 0 Å². The molecule has 1 aliphatic heterocycles. The molecule has 0 bridgehead atoms. The van der Waals surface area contributed by atoms with Crippen LogP contribution in [0.5, 0.6) is 0 Å². The smallest absolute Gasteiger partial charge is 0.194 e. The Morgan fingerprint density at radius 3 is 2.48 bits per heavy atom. The van der Waals surface area contributed by atoms with Crippen molar-refractivity contribution in [3.05, 3.63) is 30.1 Å². The third-order valence-corrected chi connectivity index (χ3v) is 4.50. The number of aliphatic imine (C=N–C) groups is 1. The lowest BCUT2D eigenvalue weighted by molar-refractivity contribution is 0.369. The summed E-state index contributed by atoms with van der Waals surface area (Å²) in [4.78, 5) is 9.03. The van der Waals surface area contributed by atoms with E-state index in [2.05, 4.69) is 34.0 Å². The van der Waals surface area contributed by atoms with E-state index in [0.717, 1.165) is 44.6 Å². The van der Waals surface area contributed by atoms with Crippen LogP contribution in [0.4, 0.5) is 10.1 Å². The summed E-state index contributed by atoms with van der Waals surface area (Å²) in [5.74, 6) is 1.63. The highest BCUT2D eigenvalue weighted by atomic mass is 127. The lowest BCUT2D eigenvalue weighted by atomic mass is 10.2. The molecule has 6 heteroatoms. The Kier molecular flexibility index (Phi) is 6.50. The zero-order valence-electron chi connectivity index (χ0n) is 13.8. The van der Waals surface area contributed by atoms with E-state index in [4.69, 9.17) is 0 Å². The van der Waals surface area contributed by atoms with E-state index in [1.165, 1.54) is 12.5 Å². The maximum atomic E-state index is 13.9. The van der Waals surface area contributed by atoms with Crippen LogP contribution >= 0.6 is 24.0 Å². The second-order valence-electron chi connectivity index (χ2n) is 6.19. The minimum absolute atomic E-state index is 0. The molecule has 23 heavy (non-hydrogen) atoms. The van der Waals surface area contributed by atoms with Crippen LogP contribution in [0.15, 0.2) is 29.3 Å². The van der Waals surface area contributed by atoms with Gasteiger partial charge in [-0.25, -0.2) is 4.39 Å². The fourth-order valence-corrected chi connectivity index (χ4v) is 2.94. The summed E-state index contributed by atoms with van der Waals surface area (Å²) in [7, 11) is 0. The molecule has 0 spiro atoms. The number of anilines is 1. The first-order valence-corrected chi connectivity index (χ1v) is 8.24. The summed E-state index contributed by atoms with van der Waals surface area (Å²) in [6, 6.07) is 7.60. The number of hydrogen-bond acceptors (Lipinski definition) is 2. The van der Waals surface area contributed by atoms with Crippen molar-refractivity contribution >= 4 is 35.6 Å². The van der Waals surface area contributed by atoms with E-state index in [-0.39, 0.29) is 29.8 Å². The van der Waals surface area contributed by atoms with Gasteiger partial charge in [-0.2, -0.15) is 0 Å². The quantitative estimate of drug-likeness (QED) is 0.453. The molecular weight excluding hydrogens is 406 g/mol. The van der Waals surface area contributed by atoms with E-state index in [9.17, 15) is 4.39 Å². The van der Waals surface area contributed by atoms with Crippen LogP contribution in [-0.4, -0.2) is 49.6 Å². The molecule has 3 rings (SSSR count). The fraction of sp³-hybridized carbons (Fsp3) is 0.588. The maximum Gasteiger partial charge on any atom is 0.194 e. The molecule has 2 unspecified atom stereocenters. The molecule has 1 saturated heterocycles. The van der Waals surface area contributed by atoms with Gasteiger partial charge in [-0.1, -0.05) is 19.1 Å². The van der Waals surface area contributed by atoms with Crippen molar-refractivity contribution in [1.29, 1.82) is 0 Å². The van der Waals surface area contributed by atoms with Crippen LogP contribution in [0.1, 0.15) is 20.3 Å². The molecule has 2 atom stereocenters. The van der Waals surface area contributed by atoms with Crippen molar-refractivity contribution in [3.8, 4) is 0 Å². The number of hydrogen-bond donors (Lipinski definition) is 1. The van der Waals surface area contributed by atoms with Gasteiger partial charge in [-0.05, 0) is 31.4 Å². The molecule has 128 valence electrons. The van der Waals surface area contributed by atoms with Crippen LogP contribution in [0.25, 0.3) is 0 Å². The molecule has 1 heterocycles. The number of nitrogens with one attached hydrogen (secondary N) is 1. The number of rotatable bonds is 3. The van der Waals surface area contributed by atoms with Crippen LogP contribution in [-0.2, 0) is 0 Å². The molecular formula is C17H26FIN4. The summed E-state index contributed by atoms with van der Waals surface area (Å²) in [5, 5.41) is 3.56. The average Bonchev–Trinajstić information content (AvgIpc) is 3.23. The van der Waals surface area contributed by atoms with Gasteiger partial charge < -0.3 is 15.1 Å². The minimum Gasteiger partial charge on any atom is -0.366 e. The molecule has 1 aromatic carbocycles. The number of guanidine groups is 1. The molecule has 2 fully saturated rings. The van der Waals surface area contributed by atoms with E-state index in [0.29, 0.717) is 11.7 Å².